The minimum atomic E-state index is -4.32. The van der Waals surface area contributed by atoms with Crippen LogP contribution in [0.5, 0.6) is 11.5 Å². The van der Waals surface area contributed by atoms with Crippen molar-refractivity contribution in [3.63, 3.8) is 0 Å². The highest BCUT2D eigenvalue weighted by atomic mass is 32.2. The van der Waals surface area contributed by atoms with Crippen LogP contribution in [0.1, 0.15) is 10.4 Å². The van der Waals surface area contributed by atoms with Crippen LogP contribution in [-0.2, 0) is 10.1 Å². The standard InChI is InChI=1S/C14H12FNO5S/c1-20-10-5-6-12(14(16)17)13(8-10)21-22(18,19)11-4-2-3-9(15)7-11/h2-8H,1H3,(H2,16,17). The van der Waals surface area contributed by atoms with Gasteiger partial charge in [0, 0.05) is 6.07 Å². The zero-order valence-corrected chi connectivity index (χ0v) is 12.3. The zero-order valence-electron chi connectivity index (χ0n) is 11.4. The summed E-state index contributed by atoms with van der Waals surface area (Å²) in [5.74, 6) is -1.62. The third-order valence-corrected chi connectivity index (χ3v) is 3.97. The molecule has 0 saturated heterocycles. The summed E-state index contributed by atoms with van der Waals surface area (Å²) < 4.78 is 47.3. The molecule has 0 bridgehead atoms. The Labute approximate surface area is 126 Å². The molecule has 0 saturated carbocycles. The lowest BCUT2D eigenvalue weighted by Crippen LogP contribution is -2.16. The minimum absolute atomic E-state index is 0.138. The molecule has 0 aliphatic carbocycles. The Hall–Kier alpha value is -2.61. The molecule has 2 aromatic carbocycles. The summed E-state index contributed by atoms with van der Waals surface area (Å²) in [6.45, 7) is 0. The third-order valence-electron chi connectivity index (χ3n) is 2.74. The molecule has 1 amide bonds. The van der Waals surface area contributed by atoms with Gasteiger partial charge in [-0.3, -0.25) is 4.79 Å². The molecule has 2 aromatic rings. The average Bonchev–Trinajstić information content (AvgIpc) is 2.46. The molecule has 6 nitrogen and oxygen atoms in total. The number of halogens is 1. The van der Waals surface area contributed by atoms with Crippen LogP contribution in [0.15, 0.2) is 47.4 Å². The lowest BCUT2D eigenvalue weighted by atomic mass is 10.2. The molecule has 0 unspecified atom stereocenters. The Morgan fingerprint density at radius 1 is 1.18 bits per heavy atom. The van der Waals surface area contributed by atoms with Crippen molar-refractivity contribution in [3.8, 4) is 11.5 Å². The highest BCUT2D eigenvalue weighted by Gasteiger charge is 2.21. The van der Waals surface area contributed by atoms with Crippen molar-refractivity contribution in [3.05, 3.63) is 53.8 Å². The smallest absolute Gasteiger partial charge is 0.339 e. The van der Waals surface area contributed by atoms with Gasteiger partial charge in [0.15, 0.2) is 5.75 Å². The summed E-state index contributed by atoms with van der Waals surface area (Å²) in [7, 11) is -2.95. The number of amides is 1. The summed E-state index contributed by atoms with van der Waals surface area (Å²) >= 11 is 0. The van der Waals surface area contributed by atoms with Crippen LogP contribution < -0.4 is 14.7 Å². The Balaban J connectivity index is 2.47. The van der Waals surface area contributed by atoms with Gasteiger partial charge in [-0.05, 0) is 30.3 Å². The Morgan fingerprint density at radius 2 is 1.91 bits per heavy atom. The molecule has 0 aliphatic rings. The summed E-state index contributed by atoms with van der Waals surface area (Å²) in [5.41, 5.74) is 5.04. The van der Waals surface area contributed by atoms with Crippen LogP contribution >= 0.6 is 0 Å². The van der Waals surface area contributed by atoms with E-state index in [0.717, 1.165) is 12.1 Å². The maximum Gasteiger partial charge on any atom is 0.339 e. The fraction of sp³-hybridized carbons (Fsp3) is 0.0714. The van der Waals surface area contributed by atoms with Crippen LogP contribution in [-0.4, -0.2) is 21.4 Å². The number of benzene rings is 2. The first-order valence-electron chi connectivity index (χ1n) is 6.01. The van der Waals surface area contributed by atoms with Crippen LogP contribution in [0, 0.1) is 5.82 Å². The van der Waals surface area contributed by atoms with Crippen molar-refractivity contribution in [2.45, 2.75) is 4.90 Å². The summed E-state index contributed by atoms with van der Waals surface area (Å²) in [6, 6.07) is 8.21. The second-order valence-electron chi connectivity index (χ2n) is 4.22. The Bertz CT molecular complexity index is 820. The van der Waals surface area contributed by atoms with Gasteiger partial charge in [0.25, 0.3) is 5.91 Å². The van der Waals surface area contributed by atoms with Crippen molar-refractivity contribution in [1.82, 2.24) is 0 Å². The fourth-order valence-corrected chi connectivity index (χ4v) is 2.66. The monoisotopic (exact) mass is 325 g/mol. The van der Waals surface area contributed by atoms with Gasteiger partial charge in [-0.1, -0.05) is 6.07 Å². The van der Waals surface area contributed by atoms with Gasteiger partial charge in [-0.15, -0.1) is 0 Å². The molecule has 0 aliphatic heterocycles. The predicted molar refractivity (Wildman–Crippen MR) is 75.7 cm³/mol. The van der Waals surface area contributed by atoms with Gasteiger partial charge < -0.3 is 14.7 Å². The number of rotatable bonds is 5. The third kappa shape index (κ3) is 3.34. The number of carbonyl (C=O) groups excluding carboxylic acids is 1. The molecule has 2 N–H and O–H groups in total. The SMILES string of the molecule is COc1ccc(C(N)=O)c(OS(=O)(=O)c2cccc(F)c2)c1. The number of carbonyl (C=O) groups is 1. The van der Waals surface area contributed by atoms with E-state index in [2.05, 4.69) is 0 Å². The van der Waals surface area contributed by atoms with E-state index in [0.29, 0.717) is 0 Å². The lowest BCUT2D eigenvalue weighted by Gasteiger charge is -2.11. The number of methoxy groups -OCH3 is 1. The van der Waals surface area contributed by atoms with Crippen molar-refractivity contribution < 1.29 is 26.5 Å². The number of hydrogen-bond donors (Lipinski definition) is 1. The summed E-state index contributed by atoms with van der Waals surface area (Å²) in [6.07, 6.45) is 0. The van der Waals surface area contributed by atoms with E-state index < -0.39 is 21.8 Å². The molecule has 116 valence electrons. The van der Waals surface area contributed by atoms with E-state index in [4.69, 9.17) is 14.7 Å². The van der Waals surface area contributed by atoms with Gasteiger partial charge in [0.2, 0.25) is 0 Å². The minimum Gasteiger partial charge on any atom is -0.497 e. The number of nitrogens with two attached hydrogens (primary N) is 1. The van der Waals surface area contributed by atoms with E-state index in [1.165, 1.54) is 37.4 Å². The van der Waals surface area contributed by atoms with E-state index >= 15 is 0 Å². The Kier molecular flexibility index (Phi) is 4.32. The fourth-order valence-electron chi connectivity index (χ4n) is 1.69. The van der Waals surface area contributed by atoms with E-state index in [-0.39, 0.29) is 22.0 Å². The van der Waals surface area contributed by atoms with Gasteiger partial charge >= 0.3 is 10.1 Å². The predicted octanol–water partition coefficient (Wildman–Crippen LogP) is 1.70. The summed E-state index contributed by atoms with van der Waals surface area (Å²) in [4.78, 5) is 11.0. The Morgan fingerprint density at radius 3 is 2.50 bits per heavy atom. The zero-order chi connectivity index (χ0) is 16.3. The van der Waals surface area contributed by atoms with E-state index in [9.17, 15) is 17.6 Å². The van der Waals surface area contributed by atoms with E-state index in [1.54, 1.807) is 0 Å². The first-order valence-corrected chi connectivity index (χ1v) is 7.42. The van der Waals surface area contributed by atoms with Gasteiger partial charge in [0.1, 0.15) is 16.5 Å². The molecule has 8 heteroatoms. The molecule has 22 heavy (non-hydrogen) atoms. The number of ether oxygens (including phenoxy) is 1. The molecular formula is C14H12FNO5S. The maximum atomic E-state index is 13.1. The average molecular weight is 325 g/mol. The first-order chi connectivity index (χ1) is 10.3. The normalized spacial score (nSPS) is 11.0. The van der Waals surface area contributed by atoms with Gasteiger partial charge in [0.05, 0.1) is 12.7 Å². The van der Waals surface area contributed by atoms with Crippen molar-refractivity contribution in [1.29, 1.82) is 0 Å². The van der Waals surface area contributed by atoms with E-state index in [1.807, 2.05) is 0 Å². The number of primary amides is 1. The van der Waals surface area contributed by atoms with Gasteiger partial charge in [-0.2, -0.15) is 8.42 Å². The van der Waals surface area contributed by atoms with Crippen molar-refractivity contribution >= 4 is 16.0 Å². The lowest BCUT2D eigenvalue weighted by molar-refractivity contribution is 0.0999. The molecule has 0 aromatic heterocycles. The van der Waals surface area contributed by atoms with Crippen LogP contribution in [0.25, 0.3) is 0 Å². The highest BCUT2D eigenvalue weighted by molar-refractivity contribution is 7.87. The molecule has 2 rings (SSSR count). The molecule has 0 fully saturated rings. The van der Waals surface area contributed by atoms with Crippen LogP contribution in [0.4, 0.5) is 4.39 Å². The van der Waals surface area contributed by atoms with Crippen LogP contribution in [0.3, 0.4) is 0 Å². The molecule has 0 atom stereocenters. The molecular weight excluding hydrogens is 313 g/mol. The van der Waals surface area contributed by atoms with Gasteiger partial charge in [-0.25, -0.2) is 4.39 Å². The largest absolute Gasteiger partial charge is 0.497 e. The summed E-state index contributed by atoms with van der Waals surface area (Å²) in [5, 5.41) is 0. The second-order valence-corrected chi connectivity index (χ2v) is 5.77. The molecule has 0 heterocycles. The van der Waals surface area contributed by atoms with Crippen molar-refractivity contribution in [2.24, 2.45) is 5.73 Å². The quantitative estimate of drug-likeness (QED) is 0.844. The second kappa shape index (κ2) is 6.02. The number of hydrogen-bond acceptors (Lipinski definition) is 5. The molecule has 0 spiro atoms. The topological polar surface area (TPSA) is 95.7 Å². The van der Waals surface area contributed by atoms with Crippen molar-refractivity contribution in [2.75, 3.05) is 7.11 Å². The first kappa shape index (κ1) is 15.8. The molecule has 0 radical (unpaired) electrons. The maximum absolute atomic E-state index is 13.1. The van der Waals surface area contributed by atoms with Crippen LogP contribution in [0.2, 0.25) is 0 Å². The highest BCUT2D eigenvalue weighted by Crippen LogP contribution is 2.27.